The molecule has 11 heteroatoms. The van der Waals surface area contributed by atoms with Gasteiger partial charge < -0.3 is 15.3 Å². The number of carbonyl (C=O) groups excluding carboxylic acids is 1. The summed E-state index contributed by atoms with van der Waals surface area (Å²) < 4.78 is 40.7. The summed E-state index contributed by atoms with van der Waals surface area (Å²) >= 11 is 0. The summed E-state index contributed by atoms with van der Waals surface area (Å²) in [6.45, 7) is -0.478. The first-order valence-corrected chi connectivity index (χ1v) is 8.46. The van der Waals surface area contributed by atoms with Gasteiger partial charge in [-0.15, -0.1) is 0 Å². The molecule has 1 aromatic carbocycles. The zero-order valence-corrected chi connectivity index (χ0v) is 14.6. The number of alkyl halides is 3. The van der Waals surface area contributed by atoms with Crippen molar-refractivity contribution in [3.05, 3.63) is 48.0 Å². The summed E-state index contributed by atoms with van der Waals surface area (Å²) in [7, 11) is 0. The molecule has 3 rings (SSSR count). The summed E-state index contributed by atoms with van der Waals surface area (Å²) in [6.07, 6.45) is -1.65. The molecule has 2 amide bonds. The molecule has 0 bridgehead atoms. The van der Waals surface area contributed by atoms with Crippen LogP contribution < -0.4 is 5.32 Å². The van der Waals surface area contributed by atoms with Gasteiger partial charge in [0.1, 0.15) is 12.7 Å². The Bertz CT molecular complexity index is 824. The summed E-state index contributed by atoms with van der Waals surface area (Å²) in [5.74, 6) is -5.27. The van der Waals surface area contributed by atoms with E-state index in [-0.39, 0.29) is 6.54 Å². The third kappa shape index (κ3) is 4.59. The van der Waals surface area contributed by atoms with E-state index in [0.717, 1.165) is 16.0 Å². The van der Waals surface area contributed by atoms with Crippen LogP contribution in [0.2, 0.25) is 0 Å². The minimum Gasteiger partial charge on any atom is -0.481 e. The molecule has 0 aliphatic carbocycles. The Hall–Kier alpha value is -3.11. The maximum absolute atomic E-state index is 13.0. The van der Waals surface area contributed by atoms with E-state index in [1.165, 1.54) is 6.33 Å². The monoisotopic (exact) mass is 397 g/mol. The molecule has 0 spiro atoms. The lowest BCUT2D eigenvalue weighted by Gasteiger charge is -2.18. The summed E-state index contributed by atoms with van der Waals surface area (Å²) in [4.78, 5) is 28.0. The first kappa shape index (κ1) is 19.6. The fourth-order valence-electron chi connectivity index (χ4n) is 3.10. The molecule has 0 radical (unpaired) electrons. The highest BCUT2D eigenvalue weighted by molar-refractivity contribution is 5.77. The number of likely N-dealkylation sites (tertiary alicyclic amines) is 1. The molecule has 1 fully saturated rings. The van der Waals surface area contributed by atoms with Gasteiger partial charge in [0.2, 0.25) is 0 Å². The predicted molar refractivity (Wildman–Crippen MR) is 90.0 cm³/mol. The number of nitrogens with one attached hydrogen (secondary N) is 1. The first-order chi connectivity index (χ1) is 13.2. The largest absolute Gasteiger partial charge is 0.481 e. The Kier molecular flexibility index (Phi) is 5.52. The molecule has 1 aromatic heterocycles. The van der Waals surface area contributed by atoms with Crippen LogP contribution in [0.1, 0.15) is 11.1 Å². The molecule has 150 valence electrons. The van der Waals surface area contributed by atoms with Crippen LogP contribution in [-0.2, 0) is 17.9 Å². The molecule has 28 heavy (non-hydrogen) atoms. The van der Waals surface area contributed by atoms with Gasteiger partial charge in [0, 0.05) is 19.6 Å². The third-order valence-electron chi connectivity index (χ3n) is 4.62. The molecule has 1 aliphatic heterocycles. The minimum atomic E-state index is -4.67. The Morgan fingerprint density at radius 2 is 1.86 bits per heavy atom. The van der Waals surface area contributed by atoms with Crippen molar-refractivity contribution in [3.8, 4) is 0 Å². The first-order valence-electron chi connectivity index (χ1n) is 8.46. The van der Waals surface area contributed by atoms with Gasteiger partial charge in [0.25, 0.3) is 0 Å². The van der Waals surface area contributed by atoms with Gasteiger partial charge in [-0.05, 0) is 11.1 Å². The highest BCUT2D eigenvalue weighted by Crippen LogP contribution is 2.37. The van der Waals surface area contributed by atoms with E-state index in [1.807, 2.05) is 12.1 Å². The van der Waals surface area contributed by atoms with Gasteiger partial charge in [-0.3, -0.25) is 4.79 Å². The topological polar surface area (TPSA) is 100 Å². The summed E-state index contributed by atoms with van der Waals surface area (Å²) in [5.41, 5.74) is 1.73. The number of hydrogen-bond acceptors (Lipinski definition) is 4. The van der Waals surface area contributed by atoms with Crippen molar-refractivity contribution >= 4 is 12.0 Å². The number of benzene rings is 1. The van der Waals surface area contributed by atoms with Crippen LogP contribution in [0.4, 0.5) is 18.0 Å². The number of nitrogens with zero attached hydrogens (tertiary/aromatic N) is 4. The van der Waals surface area contributed by atoms with Gasteiger partial charge in [-0.25, -0.2) is 14.5 Å². The van der Waals surface area contributed by atoms with Crippen molar-refractivity contribution in [1.29, 1.82) is 0 Å². The van der Waals surface area contributed by atoms with Crippen LogP contribution in [0.3, 0.4) is 0 Å². The number of carboxylic acid groups (broad SMARTS) is 1. The number of aromatic nitrogens is 3. The number of halogens is 3. The molecular formula is C17H18F3N5O3. The van der Waals surface area contributed by atoms with Crippen molar-refractivity contribution in [2.24, 2.45) is 11.8 Å². The fraction of sp³-hybridized carbons (Fsp3) is 0.412. The number of amides is 2. The lowest BCUT2D eigenvalue weighted by Crippen LogP contribution is -2.39. The second kappa shape index (κ2) is 7.87. The zero-order valence-electron chi connectivity index (χ0n) is 14.6. The molecule has 8 nitrogen and oxygen atoms in total. The van der Waals surface area contributed by atoms with Crippen molar-refractivity contribution in [2.45, 2.75) is 19.3 Å². The van der Waals surface area contributed by atoms with Crippen LogP contribution in [0.5, 0.6) is 0 Å². The van der Waals surface area contributed by atoms with Crippen molar-refractivity contribution < 1.29 is 27.9 Å². The van der Waals surface area contributed by atoms with Crippen molar-refractivity contribution in [2.75, 3.05) is 13.1 Å². The molecule has 2 N–H and O–H groups in total. The Labute approximate surface area is 158 Å². The Morgan fingerprint density at radius 3 is 2.39 bits per heavy atom. The fourth-order valence-corrected chi connectivity index (χ4v) is 3.10. The van der Waals surface area contributed by atoms with E-state index < -0.39 is 43.1 Å². The van der Waals surface area contributed by atoms with Gasteiger partial charge >= 0.3 is 18.2 Å². The van der Waals surface area contributed by atoms with Crippen LogP contribution in [0.15, 0.2) is 36.9 Å². The smallest absolute Gasteiger partial charge is 0.394 e. The number of carboxylic acids is 1. The zero-order chi connectivity index (χ0) is 20.3. The maximum atomic E-state index is 13.0. The van der Waals surface area contributed by atoms with Crippen LogP contribution >= 0.6 is 0 Å². The van der Waals surface area contributed by atoms with Crippen molar-refractivity contribution in [3.63, 3.8) is 0 Å². The minimum absolute atomic E-state index is 0.118. The van der Waals surface area contributed by atoms with E-state index in [9.17, 15) is 22.8 Å². The van der Waals surface area contributed by atoms with E-state index in [2.05, 4.69) is 15.4 Å². The number of rotatable bonds is 5. The van der Waals surface area contributed by atoms with Crippen LogP contribution in [-0.4, -0.2) is 56.0 Å². The number of aliphatic carboxylic acids is 1. The lowest BCUT2D eigenvalue weighted by molar-refractivity contribution is -0.187. The summed E-state index contributed by atoms with van der Waals surface area (Å²) in [5, 5.41) is 15.5. The second-order valence-corrected chi connectivity index (χ2v) is 6.57. The standard InChI is InChI=1S/C17H18F3N5O3/c18-17(19,20)14-8-24(7-13(14)15(26)27)16(28)22-5-11-1-3-12(4-2-11)6-25-10-21-9-23-25/h1-4,9-10,13-14H,5-8H2,(H,22,28)(H,26,27)/t13-,14-/m1/s1. The highest BCUT2D eigenvalue weighted by atomic mass is 19.4. The van der Waals surface area contributed by atoms with E-state index in [4.69, 9.17) is 5.11 Å². The molecule has 2 atom stereocenters. The average Bonchev–Trinajstić information content (AvgIpc) is 3.30. The Balaban J connectivity index is 1.54. The summed E-state index contributed by atoms with van der Waals surface area (Å²) in [6, 6.07) is 6.55. The van der Waals surface area contributed by atoms with Crippen LogP contribution in [0.25, 0.3) is 0 Å². The molecule has 1 aliphatic rings. The Morgan fingerprint density at radius 1 is 1.18 bits per heavy atom. The van der Waals surface area contributed by atoms with E-state index in [0.29, 0.717) is 6.54 Å². The molecule has 0 saturated carbocycles. The quantitative estimate of drug-likeness (QED) is 0.801. The molecule has 1 saturated heterocycles. The second-order valence-electron chi connectivity index (χ2n) is 6.57. The van der Waals surface area contributed by atoms with Gasteiger partial charge in [-0.2, -0.15) is 18.3 Å². The van der Waals surface area contributed by atoms with E-state index in [1.54, 1.807) is 23.1 Å². The predicted octanol–water partition coefficient (Wildman–Crippen LogP) is 1.73. The number of carbonyl (C=O) groups is 2. The molecule has 0 unspecified atom stereocenters. The average molecular weight is 397 g/mol. The number of hydrogen-bond donors (Lipinski definition) is 2. The van der Waals surface area contributed by atoms with Crippen molar-refractivity contribution in [1.82, 2.24) is 25.0 Å². The number of urea groups is 1. The SMILES string of the molecule is O=C(O)[C@@H]1CN(C(=O)NCc2ccc(Cn3cncn3)cc2)C[C@H]1C(F)(F)F. The van der Waals surface area contributed by atoms with E-state index >= 15 is 0 Å². The van der Waals surface area contributed by atoms with Crippen LogP contribution in [0, 0.1) is 11.8 Å². The molecule has 2 aromatic rings. The third-order valence-corrected chi connectivity index (χ3v) is 4.62. The maximum Gasteiger partial charge on any atom is 0.394 e. The van der Waals surface area contributed by atoms with Gasteiger partial charge in [0.15, 0.2) is 0 Å². The molecular weight excluding hydrogens is 379 g/mol. The normalized spacial score (nSPS) is 19.6. The highest BCUT2D eigenvalue weighted by Gasteiger charge is 2.53. The van der Waals surface area contributed by atoms with Gasteiger partial charge in [-0.1, -0.05) is 24.3 Å². The lowest BCUT2D eigenvalue weighted by atomic mass is 9.96. The molecule has 2 heterocycles. The van der Waals surface area contributed by atoms with Gasteiger partial charge in [0.05, 0.1) is 18.4 Å².